The number of nitro benzene ring substituents is 1. The smallest absolute Gasteiger partial charge is 0.278 e. The fourth-order valence-electron chi connectivity index (χ4n) is 2.61. The summed E-state index contributed by atoms with van der Waals surface area (Å²) in [5.41, 5.74) is 1.48. The van der Waals surface area contributed by atoms with E-state index in [2.05, 4.69) is 4.98 Å². The maximum Gasteiger partial charge on any atom is 0.278 e. The van der Waals surface area contributed by atoms with E-state index in [4.69, 9.17) is 4.74 Å². The third-order valence-electron chi connectivity index (χ3n) is 3.61. The van der Waals surface area contributed by atoms with Crippen LogP contribution in [-0.2, 0) is 4.74 Å². The molecule has 1 N–H and O–H groups in total. The molecule has 3 rings (SSSR count). The van der Waals surface area contributed by atoms with Gasteiger partial charge in [0.1, 0.15) is 5.52 Å². The van der Waals surface area contributed by atoms with Crippen LogP contribution in [0, 0.1) is 10.1 Å². The van der Waals surface area contributed by atoms with Gasteiger partial charge in [-0.1, -0.05) is 0 Å². The standard InChI is InChI=1S/C14H15N3O4/c18-9-10-8-16(6-7-21-10)13-4-3-12(17(19)20)11-2-1-5-15-14(11)13/h1-5,10,18H,6-9H2. The van der Waals surface area contributed by atoms with E-state index in [0.29, 0.717) is 30.6 Å². The number of nitrogens with zero attached hydrogens (tertiary/aromatic N) is 3. The fraction of sp³-hybridized carbons (Fsp3) is 0.357. The molecular weight excluding hydrogens is 274 g/mol. The molecule has 0 spiro atoms. The van der Waals surface area contributed by atoms with Crippen LogP contribution >= 0.6 is 0 Å². The highest BCUT2D eigenvalue weighted by atomic mass is 16.6. The summed E-state index contributed by atoms with van der Waals surface area (Å²) in [4.78, 5) is 17.1. The van der Waals surface area contributed by atoms with Gasteiger partial charge >= 0.3 is 0 Å². The highest BCUT2D eigenvalue weighted by Gasteiger charge is 2.23. The minimum atomic E-state index is -0.399. The second-order valence-corrected chi connectivity index (χ2v) is 4.88. The minimum Gasteiger partial charge on any atom is -0.394 e. The average Bonchev–Trinajstić information content (AvgIpc) is 2.53. The molecule has 0 aliphatic carbocycles. The van der Waals surface area contributed by atoms with Crippen molar-refractivity contribution >= 4 is 22.3 Å². The lowest BCUT2D eigenvalue weighted by atomic mass is 10.1. The van der Waals surface area contributed by atoms with Gasteiger partial charge in [-0.05, 0) is 18.2 Å². The Morgan fingerprint density at radius 2 is 2.33 bits per heavy atom. The molecule has 1 atom stereocenters. The molecule has 2 aromatic rings. The predicted octanol–water partition coefficient (Wildman–Crippen LogP) is 1.34. The first kappa shape index (κ1) is 13.7. The summed E-state index contributed by atoms with van der Waals surface area (Å²) in [5.74, 6) is 0. The zero-order valence-corrected chi connectivity index (χ0v) is 11.3. The van der Waals surface area contributed by atoms with Gasteiger partial charge in [-0.3, -0.25) is 15.1 Å². The zero-order chi connectivity index (χ0) is 14.8. The third-order valence-corrected chi connectivity index (χ3v) is 3.61. The number of aromatic nitrogens is 1. The van der Waals surface area contributed by atoms with Crippen molar-refractivity contribution in [2.24, 2.45) is 0 Å². The Morgan fingerprint density at radius 1 is 1.48 bits per heavy atom. The second kappa shape index (κ2) is 5.63. The van der Waals surface area contributed by atoms with Gasteiger partial charge < -0.3 is 14.7 Å². The van der Waals surface area contributed by atoms with Crippen LogP contribution in [0.5, 0.6) is 0 Å². The summed E-state index contributed by atoms with van der Waals surface area (Å²) in [6, 6.07) is 6.61. The van der Waals surface area contributed by atoms with Gasteiger partial charge in [-0.25, -0.2) is 0 Å². The van der Waals surface area contributed by atoms with Crippen LogP contribution in [0.4, 0.5) is 11.4 Å². The molecule has 1 fully saturated rings. The molecule has 0 amide bonds. The van der Waals surface area contributed by atoms with Crippen LogP contribution in [-0.4, -0.2) is 47.4 Å². The number of anilines is 1. The van der Waals surface area contributed by atoms with Crippen molar-refractivity contribution in [3.05, 3.63) is 40.6 Å². The van der Waals surface area contributed by atoms with E-state index in [1.54, 1.807) is 24.4 Å². The first-order chi connectivity index (χ1) is 10.2. The first-order valence-electron chi connectivity index (χ1n) is 6.70. The van der Waals surface area contributed by atoms with Crippen LogP contribution in [0.2, 0.25) is 0 Å². The monoisotopic (exact) mass is 289 g/mol. The van der Waals surface area contributed by atoms with E-state index in [9.17, 15) is 15.2 Å². The van der Waals surface area contributed by atoms with Crippen LogP contribution in [0.25, 0.3) is 10.9 Å². The second-order valence-electron chi connectivity index (χ2n) is 4.88. The number of non-ortho nitro benzene ring substituents is 1. The summed E-state index contributed by atoms with van der Waals surface area (Å²) >= 11 is 0. The largest absolute Gasteiger partial charge is 0.394 e. The lowest BCUT2D eigenvalue weighted by Gasteiger charge is -2.34. The fourth-order valence-corrected chi connectivity index (χ4v) is 2.61. The van der Waals surface area contributed by atoms with Gasteiger partial charge in [0.15, 0.2) is 0 Å². The number of hydrogen-bond acceptors (Lipinski definition) is 6. The van der Waals surface area contributed by atoms with Crippen molar-refractivity contribution in [1.82, 2.24) is 4.98 Å². The molecule has 110 valence electrons. The number of fused-ring (bicyclic) bond motifs is 1. The number of ether oxygens (including phenoxy) is 1. The summed E-state index contributed by atoms with van der Waals surface area (Å²) in [6.45, 7) is 1.67. The van der Waals surface area contributed by atoms with Crippen molar-refractivity contribution in [2.75, 3.05) is 31.2 Å². The normalized spacial score (nSPS) is 18.9. The van der Waals surface area contributed by atoms with Crippen LogP contribution < -0.4 is 4.90 Å². The molecule has 1 unspecified atom stereocenters. The SMILES string of the molecule is O=[N+]([O-])c1ccc(N2CCOC(CO)C2)c2ncccc12. The molecule has 0 radical (unpaired) electrons. The summed E-state index contributed by atoms with van der Waals surface area (Å²) in [5, 5.41) is 20.9. The lowest BCUT2D eigenvalue weighted by molar-refractivity contribution is -0.383. The molecule has 1 saturated heterocycles. The van der Waals surface area contributed by atoms with E-state index in [-0.39, 0.29) is 18.4 Å². The Hall–Kier alpha value is -2.25. The number of benzene rings is 1. The van der Waals surface area contributed by atoms with Gasteiger partial charge in [0, 0.05) is 25.4 Å². The van der Waals surface area contributed by atoms with Crippen LogP contribution in [0.3, 0.4) is 0 Å². The van der Waals surface area contributed by atoms with E-state index < -0.39 is 4.92 Å². The summed E-state index contributed by atoms with van der Waals surface area (Å²) < 4.78 is 5.43. The molecule has 0 saturated carbocycles. The Kier molecular flexibility index (Phi) is 3.68. The van der Waals surface area contributed by atoms with E-state index in [1.807, 2.05) is 4.90 Å². The number of aliphatic hydroxyl groups is 1. The Labute approximate surface area is 120 Å². The van der Waals surface area contributed by atoms with Gasteiger partial charge in [-0.15, -0.1) is 0 Å². The third kappa shape index (κ3) is 2.53. The molecule has 0 bridgehead atoms. The van der Waals surface area contributed by atoms with E-state index in [0.717, 1.165) is 5.69 Å². The van der Waals surface area contributed by atoms with Crippen molar-refractivity contribution in [2.45, 2.75) is 6.10 Å². The maximum absolute atomic E-state index is 11.1. The van der Waals surface area contributed by atoms with Crippen LogP contribution in [0.1, 0.15) is 0 Å². The Morgan fingerprint density at radius 3 is 3.10 bits per heavy atom. The molecule has 1 aliphatic heterocycles. The van der Waals surface area contributed by atoms with E-state index in [1.165, 1.54) is 6.07 Å². The van der Waals surface area contributed by atoms with Crippen molar-refractivity contribution in [1.29, 1.82) is 0 Å². The highest BCUT2D eigenvalue weighted by molar-refractivity contribution is 5.97. The number of rotatable bonds is 3. The molecule has 1 aliphatic rings. The van der Waals surface area contributed by atoms with Gasteiger partial charge in [0.25, 0.3) is 5.69 Å². The van der Waals surface area contributed by atoms with Crippen molar-refractivity contribution in [3.8, 4) is 0 Å². The van der Waals surface area contributed by atoms with Gasteiger partial charge in [-0.2, -0.15) is 0 Å². The number of pyridine rings is 1. The molecule has 2 heterocycles. The molecule has 7 nitrogen and oxygen atoms in total. The number of aliphatic hydroxyl groups excluding tert-OH is 1. The topological polar surface area (TPSA) is 88.7 Å². The van der Waals surface area contributed by atoms with Gasteiger partial charge in [0.05, 0.1) is 35.3 Å². The quantitative estimate of drug-likeness (QED) is 0.677. The zero-order valence-electron chi connectivity index (χ0n) is 11.3. The van der Waals surface area contributed by atoms with Crippen molar-refractivity contribution in [3.63, 3.8) is 0 Å². The highest BCUT2D eigenvalue weighted by Crippen LogP contribution is 2.32. The van der Waals surface area contributed by atoms with E-state index >= 15 is 0 Å². The molecule has 7 heteroatoms. The molecule has 1 aromatic heterocycles. The van der Waals surface area contributed by atoms with Gasteiger partial charge in [0.2, 0.25) is 0 Å². The lowest BCUT2D eigenvalue weighted by Crippen LogP contribution is -2.44. The van der Waals surface area contributed by atoms with Crippen molar-refractivity contribution < 1.29 is 14.8 Å². The molecule has 1 aromatic carbocycles. The average molecular weight is 289 g/mol. The Bertz CT molecular complexity index is 676. The molecule has 21 heavy (non-hydrogen) atoms. The summed E-state index contributed by atoms with van der Waals surface area (Å²) in [6.07, 6.45) is 1.38. The maximum atomic E-state index is 11.1. The van der Waals surface area contributed by atoms with Crippen LogP contribution in [0.15, 0.2) is 30.5 Å². The minimum absolute atomic E-state index is 0.0468. The Balaban J connectivity index is 2.07. The first-order valence-corrected chi connectivity index (χ1v) is 6.70. The molecular formula is C14H15N3O4. The predicted molar refractivity (Wildman–Crippen MR) is 77.4 cm³/mol. The number of morpholine rings is 1. The number of hydrogen-bond donors (Lipinski definition) is 1. The summed E-state index contributed by atoms with van der Waals surface area (Å²) in [7, 11) is 0. The number of nitro groups is 1.